The Balaban J connectivity index is 2.19. The minimum Gasteiger partial charge on any atom is -0.481 e. The number of aliphatic carboxylic acids is 1. The van der Waals surface area contributed by atoms with E-state index in [4.69, 9.17) is 33.0 Å². The van der Waals surface area contributed by atoms with Crippen LogP contribution in [0.5, 0.6) is 0 Å². The third kappa shape index (κ3) is 2.90. The van der Waals surface area contributed by atoms with Crippen LogP contribution in [0.15, 0.2) is 18.2 Å². The summed E-state index contributed by atoms with van der Waals surface area (Å²) in [4.78, 5) is 24.8. The van der Waals surface area contributed by atoms with Gasteiger partial charge in [0.2, 0.25) is 0 Å². The first-order valence-corrected chi connectivity index (χ1v) is 6.70. The molecule has 1 fully saturated rings. The Morgan fingerprint density at radius 2 is 2.00 bits per heavy atom. The Bertz CT molecular complexity index is 549. The number of halogens is 2. The van der Waals surface area contributed by atoms with Gasteiger partial charge in [-0.2, -0.15) is 0 Å². The van der Waals surface area contributed by atoms with E-state index in [-0.39, 0.29) is 24.1 Å². The van der Waals surface area contributed by atoms with Gasteiger partial charge in [0, 0.05) is 12.6 Å². The summed E-state index contributed by atoms with van der Waals surface area (Å²) in [7, 11) is 1.56. The van der Waals surface area contributed by atoms with Gasteiger partial charge in [0.05, 0.1) is 29.3 Å². The smallest absolute Gasteiger partial charge is 0.311 e. The van der Waals surface area contributed by atoms with Gasteiger partial charge in [0.25, 0.3) is 5.91 Å². The summed E-state index contributed by atoms with van der Waals surface area (Å²) >= 11 is 11.7. The van der Waals surface area contributed by atoms with E-state index in [2.05, 4.69) is 0 Å². The van der Waals surface area contributed by atoms with Crippen LogP contribution in [0.3, 0.4) is 0 Å². The molecule has 1 N–H and O–H groups in total. The highest BCUT2D eigenvalue weighted by Gasteiger charge is 2.38. The topological polar surface area (TPSA) is 66.8 Å². The molecule has 0 bridgehead atoms. The quantitative estimate of drug-likeness (QED) is 0.927. The SMILES string of the molecule is CN(C(=O)c1ccc(Cl)c(Cl)c1)C1COCC1C(=O)O. The molecular formula is C13H13Cl2NO4. The molecule has 2 rings (SSSR count). The first-order valence-electron chi connectivity index (χ1n) is 5.94. The number of amides is 1. The molecule has 7 heteroatoms. The van der Waals surface area contributed by atoms with Gasteiger partial charge in [0.15, 0.2) is 0 Å². The second kappa shape index (κ2) is 5.99. The standard InChI is InChI=1S/C13H13Cl2NO4/c1-16(11-6-20-5-8(11)13(18)19)12(17)7-2-3-9(14)10(15)4-7/h2-4,8,11H,5-6H2,1H3,(H,18,19). The van der Waals surface area contributed by atoms with E-state index in [1.165, 1.54) is 17.0 Å². The molecule has 5 nitrogen and oxygen atoms in total. The van der Waals surface area contributed by atoms with E-state index in [9.17, 15) is 9.59 Å². The summed E-state index contributed by atoms with van der Waals surface area (Å²) in [6.45, 7) is 0.319. The molecule has 1 aromatic rings. The van der Waals surface area contributed by atoms with Crippen LogP contribution in [-0.4, -0.2) is 48.2 Å². The van der Waals surface area contributed by atoms with Crippen molar-refractivity contribution in [3.05, 3.63) is 33.8 Å². The van der Waals surface area contributed by atoms with Crippen molar-refractivity contribution in [3.8, 4) is 0 Å². The molecule has 1 aliphatic rings. The van der Waals surface area contributed by atoms with E-state index in [1.54, 1.807) is 13.1 Å². The summed E-state index contributed by atoms with van der Waals surface area (Å²) in [5.74, 6) is -2.00. The Morgan fingerprint density at radius 1 is 1.30 bits per heavy atom. The lowest BCUT2D eigenvalue weighted by Crippen LogP contribution is -2.44. The second-order valence-corrected chi connectivity index (χ2v) is 5.41. The van der Waals surface area contributed by atoms with Crippen LogP contribution in [-0.2, 0) is 9.53 Å². The first kappa shape index (κ1) is 15.1. The number of carboxylic acids is 1. The molecule has 2 atom stereocenters. The predicted molar refractivity (Wildman–Crippen MR) is 74.3 cm³/mol. The number of hydrogen-bond donors (Lipinski definition) is 1. The molecule has 0 radical (unpaired) electrons. The summed E-state index contributed by atoms with van der Waals surface area (Å²) in [5.41, 5.74) is 0.359. The van der Waals surface area contributed by atoms with E-state index in [0.29, 0.717) is 10.6 Å². The third-order valence-corrected chi connectivity index (χ3v) is 4.09. The maximum atomic E-state index is 12.3. The summed E-state index contributed by atoms with van der Waals surface area (Å²) in [5, 5.41) is 9.75. The number of benzene rings is 1. The summed E-state index contributed by atoms with van der Waals surface area (Å²) in [6, 6.07) is 4.06. The van der Waals surface area contributed by atoms with Crippen molar-refractivity contribution in [1.29, 1.82) is 0 Å². The van der Waals surface area contributed by atoms with Gasteiger partial charge >= 0.3 is 5.97 Å². The van der Waals surface area contributed by atoms with Crippen molar-refractivity contribution >= 4 is 35.1 Å². The fraction of sp³-hybridized carbons (Fsp3) is 0.385. The van der Waals surface area contributed by atoms with Crippen molar-refractivity contribution in [2.45, 2.75) is 6.04 Å². The van der Waals surface area contributed by atoms with Gasteiger partial charge in [-0.25, -0.2) is 0 Å². The first-order chi connectivity index (χ1) is 9.41. The van der Waals surface area contributed by atoms with Gasteiger partial charge in [-0.1, -0.05) is 23.2 Å². The zero-order chi connectivity index (χ0) is 14.9. The van der Waals surface area contributed by atoms with Gasteiger partial charge in [0.1, 0.15) is 5.92 Å². The number of rotatable bonds is 3. The monoisotopic (exact) mass is 317 g/mol. The fourth-order valence-electron chi connectivity index (χ4n) is 2.14. The van der Waals surface area contributed by atoms with E-state index in [1.807, 2.05) is 0 Å². The largest absolute Gasteiger partial charge is 0.481 e. The molecule has 0 aromatic heterocycles. The van der Waals surface area contributed by atoms with Crippen molar-refractivity contribution in [2.24, 2.45) is 5.92 Å². The molecule has 20 heavy (non-hydrogen) atoms. The number of carbonyl (C=O) groups excluding carboxylic acids is 1. The normalized spacial score (nSPS) is 21.8. The van der Waals surface area contributed by atoms with Gasteiger partial charge < -0.3 is 14.7 Å². The molecule has 0 saturated carbocycles. The lowest BCUT2D eigenvalue weighted by molar-refractivity contribution is -0.142. The van der Waals surface area contributed by atoms with Gasteiger partial charge in [-0.15, -0.1) is 0 Å². The lowest BCUT2D eigenvalue weighted by atomic mass is 10.0. The van der Waals surface area contributed by atoms with Crippen molar-refractivity contribution in [1.82, 2.24) is 4.90 Å². The van der Waals surface area contributed by atoms with Gasteiger partial charge in [-0.3, -0.25) is 9.59 Å². The molecule has 1 aliphatic heterocycles. The fourth-order valence-corrected chi connectivity index (χ4v) is 2.44. The van der Waals surface area contributed by atoms with Crippen molar-refractivity contribution < 1.29 is 19.4 Å². The minimum atomic E-state index is -0.971. The maximum Gasteiger partial charge on any atom is 0.311 e. The third-order valence-electron chi connectivity index (χ3n) is 3.35. The Morgan fingerprint density at radius 3 is 2.60 bits per heavy atom. The molecule has 1 aromatic carbocycles. The molecule has 108 valence electrons. The van der Waals surface area contributed by atoms with E-state index >= 15 is 0 Å². The van der Waals surface area contributed by atoms with Crippen molar-refractivity contribution in [3.63, 3.8) is 0 Å². The number of hydrogen-bond acceptors (Lipinski definition) is 3. The molecule has 0 aliphatic carbocycles. The number of carbonyl (C=O) groups is 2. The lowest BCUT2D eigenvalue weighted by Gasteiger charge is -2.26. The molecule has 1 heterocycles. The zero-order valence-electron chi connectivity index (χ0n) is 10.7. The summed E-state index contributed by atoms with van der Waals surface area (Å²) < 4.78 is 5.16. The molecule has 1 amide bonds. The van der Waals surface area contributed by atoms with Crippen LogP contribution in [0, 0.1) is 5.92 Å². The average molecular weight is 318 g/mol. The number of carboxylic acid groups (broad SMARTS) is 1. The maximum absolute atomic E-state index is 12.3. The number of nitrogens with zero attached hydrogens (tertiary/aromatic N) is 1. The minimum absolute atomic E-state index is 0.110. The van der Waals surface area contributed by atoms with Crippen LogP contribution in [0.1, 0.15) is 10.4 Å². The van der Waals surface area contributed by atoms with E-state index in [0.717, 1.165) is 0 Å². The van der Waals surface area contributed by atoms with Gasteiger partial charge in [-0.05, 0) is 18.2 Å². The highest BCUT2D eigenvalue weighted by molar-refractivity contribution is 6.42. The van der Waals surface area contributed by atoms with Crippen LogP contribution >= 0.6 is 23.2 Å². The Labute approximate surface area is 126 Å². The number of likely N-dealkylation sites (N-methyl/N-ethyl adjacent to an activating group) is 1. The molecule has 0 spiro atoms. The zero-order valence-corrected chi connectivity index (χ0v) is 12.2. The summed E-state index contributed by atoms with van der Waals surface area (Å²) in [6.07, 6.45) is 0. The predicted octanol–water partition coefficient (Wildman–Crippen LogP) is 2.16. The molecule has 1 saturated heterocycles. The Hall–Kier alpha value is -1.30. The van der Waals surface area contributed by atoms with Crippen LogP contribution in [0.25, 0.3) is 0 Å². The molecule has 2 unspecified atom stereocenters. The van der Waals surface area contributed by atoms with E-state index < -0.39 is 17.9 Å². The average Bonchev–Trinajstić information content (AvgIpc) is 2.89. The highest BCUT2D eigenvalue weighted by Crippen LogP contribution is 2.25. The number of ether oxygens (including phenoxy) is 1. The van der Waals surface area contributed by atoms with Crippen molar-refractivity contribution in [2.75, 3.05) is 20.3 Å². The van der Waals surface area contributed by atoms with Crippen LogP contribution in [0.2, 0.25) is 10.0 Å². The van der Waals surface area contributed by atoms with Crippen LogP contribution < -0.4 is 0 Å². The second-order valence-electron chi connectivity index (χ2n) is 4.59. The molecular weight excluding hydrogens is 305 g/mol. The highest BCUT2D eigenvalue weighted by atomic mass is 35.5. The van der Waals surface area contributed by atoms with Crippen LogP contribution in [0.4, 0.5) is 0 Å². The Kier molecular flexibility index (Phi) is 4.52.